The Labute approximate surface area is 207 Å². The van der Waals surface area contributed by atoms with E-state index in [0.29, 0.717) is 22.8 Å². The van der Waals surface area contributed by atoms with Gasteiger partial charge in [-0.3, -0.25) is 14.2 Å². The van der Waals surface area contributed by atoms with Crippen LogP contribution in [0.15, 0.2) is 64.5 Å². The standard InChI is InChI=1S/C26H27N3O3S2/c1-4-9-21-17(3)23-24(34-21)28-26(33-16-22(30)27-18-10-7-6-8-11-18)29(25(23)31)19-12-14-20(15-13-19)32-5-2/h6-8,10-15H,4-5,9,16H2,1-3H3,(H,27,30). The Morgan fingerprint density at radius 1 is 1.12 bits per heavy atom. The van der Waals surface area contributed by atoms with Crippen LogP contribution in [0.1, 0.15) is 30.7 Å². The zero-order valence-electron chi connectivity index (χ0n) is 19.5. The first-order valence-electron chi connectivity index (χ1n) is 11.3. The predicted molar refractivity (Wildman–Crippen MR) is 141 cm³/mol. The Bertz CT molecular complexity index is 1350. The number of fused-ring (bicyclic) bond motifs is 1. The van der Waals surface area contributed by atoms with E-state index in [1.165, 1.54) is 16.6 Å². The highest BCUT2D eigenvalue weighted by Gasteiger charge is 2.20. The van der Waals surface area contributed by atoms with Crippen molar-refractivity contribution in [1.82, 2.24) is 9.55 Å². The van der Waals surface area contributed by atoms with Gasteiger partial charge in [0.25, 0.3) is 5.56 Å². The minimum absolute atomic E-state index is 0.115. The molecule has 2 heterocycles. The van der Waals surface area contributed by atoms with Gasteiger partial charge in [-0.2, -0.15) is 0 Å². The fourth-order valence-electron chi connectivity index (χ4n) is 3.71. The summed E-state index contributed by atoms with van der Waals surface area (Å²) in [5, 5.41) is 4.03. The number of amides is 1. The van der Waals surface area contributed by atoms with Crippen molar-refractivity contribution in [2.24, 2.45) is 0 Å². The Kier molecular flexibility index (Phi) is 7.70. The van der Waals surface area contributed by atoms with Gasteiger partial charge in [0.05, 0.1) is 23.4 Å². The number of ether oxygens (including phenoxy) is 1. The maximum Gasteiger partial charge on any atom is 0.267 e. The second-order valence-electron chi connectivity index (χ2n) is 7.75. The minimum Gasteiger partial charge on any atom is -0.494 e. The minimum atomic E-state index is -0.155. The molecule has 0 bridgehead atoms. The number of benzene rings is 2. The van der Waals surface area contributed by atoms with Crippen LogP contribution in [-0.4, -0.2) is 27.8 Å². The van der Waals surface area contributed by atoms with Gasteiger partial charge in [0.15, 0.2) is 5.16 Å². The SMILES string of the molecule is CCCc1sc2nc(SCC(=O)Nc3ccccc3)n(-c3ccc(OCC)cc3)c(=O)c2c1C. The number of rotatable bonds is 9. The van der Waals surface area contributed by atoms with Gasteiger partial charge in [-0.15, -0.1) is 11.3 Å². The van der Waals surface area contributed by atoms with Crippen LogP contribution in [0.25, 0.3) is 15.9 Å². The number of aromatic nitrogens is 2. The van der Waals surface area contributed by atoms with Crippen molar-refractivity contribution in [3.8, 4) is 11.4 Å². The van der Waals surface area contributed by atoms with Gasteiger partial charge < -0.3 is 10.1 Å². The molecule has 0 fully saturated rings. The number of thiophene rings is 1. The van der Waals surface area contributed by atoms with E-state index < -0.39 is 0 Å². The smallest absolute Gasteiger partial charge is 0.267 e. The molecular weight excluding hydrogens is 466 g/mol. The summed E-state index contributed by atoms with van der Waals surface area (Å²) >= 11 is 2.82. The molecule has 6 nitrogen and oxygen atoms in total. The normalized spacial score (nSPS) is 11.0. The molecule has 0 saturated heterocycles. The molecule has 0 atom stereocenters. The summed E-state index contributed by atoms with van der Waals surface area (Å²) in [6, 6.07) is 16.7. The van der Waals surface area contributed by atoms with E-state index in [2.05, 4.69) is 12.2 Å². The molecule has 0 aliphatic rings. The van der Waals surface area contributed by atoms with Crippen LogP contribution >= 0.6 is 23.1 Å². The van der Waals surface area contributed by atoms with Gasteiger partial charge in [-0.05, 0) is 62.2 Å². The molecule has 1 N–H and O–H groups in total. The quantitative estimate of drug-likeness (QED) is 0.234. The molecule has 4 aromatic rings. The number of nitrogens with one attached hydrogen (secondary N) is 1. The first kappa shape index (κ1) is 24.0. The summed E-state index contributed by atoms with van der Waals surface area (Å²) in [5.41, 5.74) is 2.31. The van der Waals surface area contributed by atoms with Crippen molar-refractivity contribution in [2.75, 3.05) is 17.7 Å². The molecule has 0 saturated carbocycles. The lowest BCUT2D eigenvalue weighted by atomic mass is 10.1. The summed E-state index contributed by atoms with van der Waals surface area (Å²) in [4.78, 5) is 33.1. The van der Waals surface area contributed by atoms with Crippen LogP contribution in [0.4, 0.5) is 5.69 Å². The highest BCUT2D eigenvalue weighted by Crippen LogP contribution is 2.31. The molecule has 34 heavy (non-hydrogen) atoms. The summed E-state index contributed by atoms with van der Waals surface area (Å²) in [6.07, 6.45) is 1.92. The molecule has 4 rings (SSSR count). The topological polar surface area (TPSA) is 73.2 Å². The van der Waals surface area contributed by atoms with Crippen molar-refractivity contribution >= 4 is 44.9 Å². The highest BCUT2D eigenvalue weighted by molar-refractivity contribution is 7.99. The van der Waals surface area contributed by atoms with Gasteiger partial charge in [-0.1, -0.05) is 43.3 Å². The van der Waals surface area contributed by atoms with Crippen molar-refractivity contribution in [3.05, 3.63) is 75.4 Å². The van der Waals surface area contributed by atoms with E-state index in [4.69, 9.17) is 9.72 Å². The molecule has 0 aliphatic heterocycles. The molecule has 0 unspecified atom stereocenters. The second kappa shape index (κ2) is 10.9. The Hall–Kier alpha value is -3.10. The zero-order valence-corrected chi connectivity index (χ0v) is 21.1. The van der Waals surface area contributed by atoms with Crippen LogP contribution in [0.2, 0.25) is 0 Å². The van der Waals surface area contributed by atoms with Gasteiger partial charge in [0.2, 0.25) is 5.91 Å². The van der Waals surface area contributed by atoms with E-state index in [-0.39, 0.29) is 17.2 Å². The maximum atomic E-state index is 13.7. The second-order valence-corrected chi connectivity index (χ2v) is 9.77. The van der Waals surface area contributed by atoms with Crippen molar-refractivity contribution in [2.45, 2.75) is 38.8 Å². The number of hydrogen-bond donors (Lipinski definition) is 1. The number of nitrogens with zero attached hydrogens (tertiary/aromatic N) is 2. The zero-order chi connectivity index (χ0) is 24.1. The fourth-order valence-corrected chi connectivity index (χ4v) is 5.84. The van der Waals surface area contributed by atoms with E-state index in [9.17, 15) is 9.59 Å². The third kappa shape index (κ3) is 5.18. The van der Waals surface area contributed by atoms with Crippen LogP contribution in [0, 0.1) is 6.92 Å². The lowest BCUT2D eigenvalue weighted by molar-refractivity contribution is -0.113. The largest absolute Gasteiger partial charge is 0.494 e. The lowest BCUT2D eigenvalue weighted by Crippen LogP contribution is -2.22. The first-order chi connectivity index (χ1) is 16.5. The fraction of sp³-hybridized carbons (Fsp3) is 0.269. The maximum absolute atomic E-state index is 13.7. The lowest BCUT2D eigenvalue weighted by Gasteiger charge is -2.13. The van der Waals surface area contributed by atoms with E-state index in [1.54, 1.807) is 15.9 Å². The summed E-state index contributed by atoms with van der Waals surface area (Å²) < 4.78 is 7.16. The van der Waals surface area contributed by atoms with Crippen LogP contribution in [-0.2, 0) is 11.2 Å². The Balaban J connectivity index is 1.73. The van der Waals surface area contributed by atoms with Crippen molar-refractivity contribution in [1.29, 1.82) is 0 Å². The molecule has 2 aromatic heterocycles. The molecule has 0 spiro atoms. The van der Waals surface area contributed by atoms with Crippen LogP contribution < -0.4 is 15.6 Å². The van der Waals surface area contributed by atoms with E-state index in [0.717, 1.165) is 34.7 Å². The third-order valence-electron chi connectivity index (χ3n) is 5.31. The number of anilines is 1. The Morgan fingerprint density at radius 2 is 1.85 bits per heavy atom. The van der Waals surface area contributed by atoms with Crippen molar-refractivity contribution < 1.29 is 9.53 Å². The predicted octanol–water partition coefficient (Wildman–Crippen LogP) is 5.84. The molecule has 0 radical (unpaired) electrons. The summed E-state index contributed by atoms with van der Waals surface area (Å²) in [6.45, 7) is 6.62. The molecule has 176 valence electrons. The van der Waals surface area contributed by atoms with E-state index >= 15 is 0 Å². The first-order valence-corrected chi connectivity index (χ1v) is 13.1. The average Bonchev–Trinajstić information content (AvgIpc) is 3.15. The number of thioether (sulfide) groups is 1. The third-order valence-corrected chi connectivity index (χ3v) is 7.49. The van der Waals surface area contributed by atoms with Gasteiger partial charge in [-0.25, -0.2) is 4.98 Å². The summed E-state index contributed by atoms with van der Waals surface area (Å²) in [5.74, 6) is 0.718. The van der Waals surface area contributed by atoms with Gasteiger partial charge in [0.1, 0.15) is 10.6 Å². The summed E-state index contributed by atoms with van der Waals surface area (Å²) in [7, 11) is 0. The monoisotopic (exact) mass is 493 g/mol. The Morgan fingerprint density at radius 3 is 2.53 bits per heavy atom. The number of hydrogen-bond acceptors (Lipinski definition) is 6. The number of carbonyl (C=O) groups is 1. The molecule has 2 aromatic carbocycles. The average molecular weight is 494 g/mol. The van der Waals surface area contributed by atoms with Gasteiger partial charge >= 0.3 is 0 Å². The van der Waals surface area contributed by atoms with Crippen LogP contribution in [0.5, 0.6) is 5.75 Å². The number of aryl methyl sites for hydroxylation is 2. The van der Waals surface area contributed by atoms with Gasteiger partial charge in [0, 0.05) is 10.6 Å². The highest BCUT2D eigenvalue weighted by atomic mass is 32.2. The molecule has 0 aliphatic carbocycles. The molecule has 1 amide bonds. The van der Waals surface area contributed by atoms with Crippen molar-refractivity contribution in [3.63, 3.8) is 0 Å². The van der Waals surface area contributed by atoms with Crippen LogP contribution in [0.3, 0.4) is 0 Å². The number of para-hydroxylation sites is 1. The molecule has 8 heteroatoms. The molecular formula is C26H27N3O3S2. The van der Waals surface area contributed by atoms with E-state index in [1.807, 2.05) is 68.4 Å². The number of carbonyl (C=O) groups excluding carboxylic acids is 1.